The van der Waals surface area contributed by atoms with Crippen molar-refractivity contribution in [2.45, 2.75) is 25.5 Å². The van der Waals surface area contributed by atoms with Crippen LogP contribution in [0.15, 0.2) is 48.1 Å². The second-order valence-corrected chi connectivity index (χ2v) is 9.68. The molecule has 3 rings (SSSR count). The van der Waals surface area contributed by atoms with Crippen molar-refractivity contribution in [2.24, 2.45) is 5.92 Å². The summed E-state index contributed by atoms with van der Waals surface area (Å²) in [5.41, 5.74) is 0.855. The van der Waals surface area contributed by atoms with E-state index in [0.717, 1.165) is 23.6 Å². The topological polar surface area (TPSA) is 107 Å². The second kappa shape index (κ2) is 10.2. The van der Waals surface area contributed by atoms with Crippen molar-refractivity contribution in [3.8, 4) is 5.75 Å². The smallest absolute Gasteiger partial charge is 0.289 e. The Labute approximate surface area is 186 Å². The minimum absolute atomic E-state index is 0.0505. The maximum absolute atomic E-state index is 12.3. The number of carbonyl (C=O) groups is 1. The predicted octanol–water partition coefficient (Wildman–Crippen LogP) is 2.96. The van der Waals surface area contributed by atoms with E-state index in [1.165, 1.54) is 18.5 Å². The minimum Gasteiger partial charge on any atom is -0.482 e. The zero-order valence-electron chi connectivity index (χ0n) is 17.2. The van der Waals surface area contributed by atoms with Crippen LogP contribution in [0.2, 0.25) is 5.02 Å². The van der Waals surface area contributed by atoms with E-state index in [1.807, 2.05) is 24.3 Å². The summed E-state index contributed by atoms with van der Waals surface area (Å²) in [4.78, 5) is 20.5. The molecule has 1 aromatic carbocycles. The van der Waals surface area contributed by atoms with Gasteiger partial charge in [0.15, 0.2) is 15.6 Å². The van der Waals surface area contributed by atoms with Gasteiger partial charge in [-0.15, -0.1) is 0 Å². The lowest BCUT2D eigenvalue weighted by Crippen LogP contribution is -2.32. The SMILES string of the molecule is C[C@H](/C=C/S(C)(=O)=O)NC(=O)c1ncc(O[C@H](c2ccccc2Cl)[C@@H]2CCOC2)cn1. The first kappa shape index (κ1) is 23.2. The van der Waals surface area contributed by atoms with Crippen molar-refractivity contribution in [1.82, 2.24) is 15.3 Å². The molecule has 3 atom stereocenters. The van der Waals surface area contributed by atoms with Gasteiger partial charge in [0.1, 0.15) is 6.10 Å². The molecule has 0 radical (unpaired) electrons. The van der Waals surface area contributed by atoms with Crippen LogP contribution in [0.4, 0.5) is 0 Å². The highest BCUT2D eigenvalue weighted by Gasteiger charge is 2.30. The zero-order valence-corrected chi connectivity index (χ0v) is 18.8. The van der Waals surface area contributed by atoms with E-state index in [2.05, 4.69) is 15.3 Å². The fourth-order valence-corrected chi connectivity index (χ4v) is 3.90. The number of rotatable bonds is 8. The van der Waals surface area contributed by atoms with Crippen molar-refractivity contribution in [1.29, 1.82) is 0 Å². The number of aromatic nitrogens is 2. The summed E-state index contributed by atoms with van der Waals surface area (Å²) in [5, 5.41) is 4.26. The molecule has 2 aromatic rings. The van der Waals surface area contributed by atoms with Gasteiger partial charge < -0.3 is 14.8 Å². The molecule has 1 aromatic heterocycles. The van der Waals surface area contributed by atoms with Gasteiger partial charge in [0.05, 0.1) is 19.0 Å². The highest BCUT2D eigenvalue weighted by molar-refractivity contribution is 7.93. The normalized spacial score (nSPS) is 18.6. The number of benzene rings is 1. The van der Waals surface area contributed by atoms with Crippen LogP contribution in [-0.4, -0.2) is 49.8 Å². The maximum atomic E-state index is 12.3. The number of sulfone groups is 1. The van der Waals surface area contributed by atoms with E-state index in [1.54, 1.807) is 6.92 Å². The number of nitrogens with one attached hydrogen (secondary N) is 1. The molecule has 0 unspecified atom stereocenters. The van der Waals surface area contributed by atoms with Gasteiger partial charge in [0.2, 0.25) is 5.82 Å². The summed E-state index contributed by atoms with van der Waals surface area (Å²) in [6, 6.07) is 6.98. The van der Waals surface area contributed by atoms with E-state index >= 15 is 0 Å². The number of amides is 1. The van der Waals surface area contributed by atoms with Crippen LogP contribution in [0, 0.1) is 5.92 Å². The Balaban J connectivity index is 1.70. The summed E-state index contributed by atoms with van der Waals surface area (Å²) in [6.07, 6.45) is 5.82. The number of carbonyl (C=O) groups excluding carboxylic acids is 1. The van der Waals surface area contributed by atoms with E-state index < -0.39 is 21.8 Å². The van der Waals surface area contributed by atoms with E-state index in [-0.39, 0.29) is 17.8 Å². The number of hydrogen-bond acceptors (Lipinski definition) is 7. The van der Waals surface area contributed by atoms with Crippen molar-refractivity contribution in [3.63, 3.8) is 0 Å². The Morgan fingerprint density at radius 2 is 2.03 bits per heavy atom. The molecule has 1 aliphatic rings. The summed E-state index contributed by atoms with van der Waals surface area (Å²) in [6.45, 7) is 2.88. The van der Waals surface area contributed by atoms with Crippen LogP contribution in [0.5, 0.6) is 5.75 Å². The minimum atomic E-state index is -3.27. The monoisotopic (exact) mass is 465 g/mol. The fourth-order valence-electron chi connectivity index (χ4n) is 3.13. The van der Waals surface area contributed by atoms with Gasteiger partial charge >= 0.3 is 0 Å². The number of ether oxygens (including phenoxy) is 2. The van der Waals surface area contributed by atoms with Crippen molar-refractivity contribution >= 4 is 27.3 Å². The molecule has 1 aliphatic heterocycles. The molecule has 8 nitrogen and oxygen atoms in total. The highest BCUT2D eigenvalue weighted by atomic mass is 35.5. The average Bonchev–Trinajstić information content (AvgIpc) is 3.26. The summed E-state index contributed by atoms with van der Waals surface area (Å²) in [5.74, 6) is -0.0433. The Hall–Kier alpha value is -2.49. The summed E-state index contributed by atoms with van der Waals surface area (Å²) in [7, 11) is -3.27. The lowest BCUT2D eigenvalue weighted by molar-refractivity contribution is 0.0935. The van der Waals surface area contributed by atoms with Crippen LogP contribution in [0.3, 0.4) is 0 Å². The van der Waals surface area contributed by atoms with Crippen LogP contribution < -0.4 is 10.1 Å². The second-order valence-electron chi connectivity index (χ2n) is 7.35. The largest absolute Gasteiger partial charge is 0.482 e. The number of hydrogen-bond donors (Lipinski definition) is 1. The molecule has 0 saturated carbocycles. The molecule has 2 heterocycles. The zero-order chi connectivity index (χ0) is 22.4. The van der Waals surface area contributed by atoms with Gasteiger partial charge in [0, 0.05) is 40.8 Å². The highest BCUT2D eigenvalue weighted by Crippen LogP contribution is 2.36. The molecule has 1 amide bonds. The Morgan fingerprint density at radius 1 is 1.32 bits per heavy atom. The van der Waals surface area contributed by atoms with Crippen LogP contribution in [0.1, 0.15) is 35.6 Å². The van der Waals surface area contributed by atoms with Gasteiger partial charge in [0.25, 0.3) is 5.91 Å². The molecule has 1 saturated heterocycles. The molecule has 0 bridgehead atoms. The first-order valence-corrected chi connectivity index (χ1v) is 12.1. The Bertz CT molecular complexity index is 1040. The summed E-state index contributed by atoms with van der Waals surface area (Å²) >= 11 is 6.38. The molecule has 1 N–H and O–H groups in total. The van der Waals surface area contributed by atoms with Gasteiger partial charge in [-0.05, 0) is 19.4 Å². The van der Waals surface area contributed by atoms with Crippen molar-refractivity contribution < 1.29 is 22.7 Å². The quantitative estimate of drug-likeness (QED) is 0.638. The molecular formula is C21H24ClN3O5S. The number of nitrogens with zero attached hydrogens (tertiary/aromatic N) is 2. The third kappa shape index (κ3) is 6.75. The maximum Gasteiger partial charge on any atom is 0.289 e. The fraction of sp³-hybridized carbons (Fsp3) is 0.381. The molecular weight excluding hydrogens is 442 g/mol. The molecule has 31 heavy (non-hydrogen) atoms. The standard InChI is InChI=1S/C21H24ClN3O5S/c1-14(8-10-31(2,27)28)25-21(26)20-23-11-16(12-24-20)30-19(15-7-9-29-13-15)17-5-3-4-6-18(17)22/h3-6,8,10-12,14-15,19H,7,9,13H2,1-2H3,(H,25,26)/b10-8+/t14-,15-,19+/m1/s1. The number of halogens is 1. The van der Waals surface area contributed by atoms with E-state index in [4.69, 9.17) is 21.1 Å². The van der Waals surface area contributed by atoms with Gasteiger partial charge in [-0.3, -0.25) is 4.79 Å². The first-order chi connectivity index (χ1) is 14.7. The third-order valence-corrected chi connectivity index (χ3v) is 5.67. The van der Waals surface area contributed by atoms with E-state index in [0.29, 0.717) is 24.0 Å². The Kier molecular flexibility index (Phi) is 7.64. The van der Waals surface area contributed by atoms with E-state index in [9.17, 15) is 13.2 Å². The predicted molar refractivity (Wildman–Crippen MR) is 117 cm³/mol. The Morgan fingerprint density at radius 3 is 2.65 bits per heavy atom. The lowest BCUT2D eigenvalue weighted by Gasteiger charge is -2.25. The summed E-state index contributed by atoms with van der Waals surface area (Å²) < 4.78 is 34.0. The lowest BCUT2D eigenvalue weighted by atomic mass is 9.95. The third-order valence-electron chi connectivity index (χ3n) is 4.67. The van der Waals surface area contributed by atoms with Crippen molar-refractivity contribution in [2.75, 3.05) is 19.5 Å². The van der Waals surface area contributed by atoms with Crippen LogP contribution >= 0.6 is 11.6 Å². The molecule has 0 spiro atoms. The van der Waals surface area contributed by atoms with Gasteiger partial charge in [-0.25, -0.2) is 18.4 Å². The molecule has 1 fully saturated rings. The van der Waals surface area contributed by atoms with Gasteiger partial charge in [-0.1, -0.05) is 35.9 Å². The molecule has 10 heteroatoms. The van der Waals surface area contributed by atoms with Crippen LogP contribution in [0.25, 0.3) is 0 Å². The van der Waals surface area contributed by atoms with Crippen molar-refractivity contribution in [3.05, 3.63) is 64.6 Å². The van der Waals surface area contributed by atoms with Gasteiger partial charge in [-0.2, -0.15) is 0 Å². The first-order valence-electron chi connectivity index (χ1n) is 9.73. The van der Waals surface area contributed by atoms with Crippen LogP contribution in [-0.2, 0) is 14.6 Å². The molecule has 0 aliphatic carbocycles. The molecule has 166 valence electrons. The average molecular weight is 466 g/mol.